The number of carbonyl (C=O) groups is 2. The third-order valence-corrected chi connectivity index (χ3v) is 11.4. The molecule has 33 heavy (non-hydrogen) atoms. The molecule has 0 aromatic rings. The number of allylic oxidation sites excluding steroid dienone is 4. The van der Waals surface area contributed by atoms with Gasteiger partial charge in [-0.3, -0.25) is 4.79 Å². The zero-order valence-electron chi connectivity index (χ0n) is 20.5. The maximum atomic E-state index is 13.3. The van der Waals surface area contributed by atoms with E-state index in [4.69, 9.17) is 9.47 Å². The van der Waals surface area contributed by atoms with Crippen molar-refractivity contribution in [2.45, 2.75) is 102 Å². The monoisotopic (exact) mass is 452 g/mol. The molecule has 5 nitrogen and oxygen atoms in total. The van der Waals surface area contributed by atoms with Gasteiger partial charge in [0.15, 0.2) is 0 Å². The number of esters is 1. The van der Waals surface area contributed by atoms with Crippen LogP contribution in [0.15, 0.2) is 34.9 Å². The summed E-state index contributed by atoms with van der Waals surface area (Å²) < 4.78 is 13.1. The lowest BCUT2D eigenvalue weighted by Crippen LogP contribution is -2.63. The summed E-state index contributed by atoms with van der Waals surface area (Å²) in [7, 11) is 0. The fraction of sp³-hybridized carbons (Fsp3) is 0.714. The topological polar surface area (TPSA) is 72.8 Å². The molecule has 2 heterocycles. The van der Waals surface area contributed by atoms with Gasteiger partial charge in [-0.05, 0) is 77.2 Å². The first-order valence-electron chi connectivity index (χ1n) is 12.6. The molecule has 1 N–H and O–H groups in total. The van der Waals surface area contributed by atoms with Crippen molar-refractivity contribution in [2.75, 3.05) is 0 Å². The third kappa shape index (κ3) is 2.18. The molecule has 3 unspecified atom stereocenters. The van der Waals surface area contributed by atoms with Gasteiger partial charge in [0.2, 0.25) is 0 Å². The lowest BCUT2D eigenvalue weighted by molar-refractivity contribution is -0.247. The maximum absolute atomic E-state index is 13.3. The molecule has 8 atom stereocenters. The second-order valence-electron chi connectivity index (χ2n) is 12.2. The molecule has 0 aromatic carbocycles. The van der Waals surface area contributed by atoms with Crippen molar-refractivity contribution in [1.82, 2.24) is 0 Å². The summed E-state index contributed by atoms with van der Waals surface area (Å²) in [6, 6.07) is 0. The number of carbonyl (C=O) groups excluding carboxylic acids is 2. The van der Waals surface area contributed by atoms with Crippen LogP contribution in [0.4, 0.5) is 0 Å². The number of cyclic esters (lactones) is 1. The molecule has 3 fully saturated rings. The lowest BCUT2D eigenvalue weighted by Gasteiger charge is -2.59. The second kappa shape index (κ2) is 6.28. The van der Waals surface area contributed by atoms with E-state index in [9.17, 15) is 14.7 Å². The van der Waals surface area contributed by atoms with Crippen LogP contribution in [0.2, 0.25) is 0 Å². The number of ketones is 1. The standard InChI is InChI=1S/C28H36O5/c1-16-15-22(32-23(30)17(16)2)26(5)28(31)14-13-27(33-26)20-10-9-18-7-6-8-21(29)25(18,4)19(20)11-12-24(27,28)3/h6-7,9,19-20,22,31H,8,10-15H2,1-5H3/t19?,20?,22?,24-,25-,26-,27-,28+/m0/s1. The summed E-state index contributed by atoms with van der Waals surface area (Å²) in [5.41, 5.74) is -0.681. The van der Waals surface area contributed by atoms with Crippen molar-refractivity contribution in [3.63, 3.8) is 0 Å². The Morgan fingerprint density at radius 3 is 2.55 bits per heavy atom. The minimum Gasteiger partial charge on any atom is -0.455 e. The SMILES string of the molecule is CC1=C(C)C(=O)OC([C@]2(C)O[C@]34CC[C@@]2(O)[C@@]3(C)CCC2C4CC=C3C=CCC(=O)[C@@]32C)C1. The van der Waals surface area contributed by atoms with Crippen LogP contribution in [-0.4, -0.2) is 39.8 Å². The largest absolute Gasteiger partial charge is 0.455 e. The van der Waals surface area contributed by atoms with Crippen molar-refractivity contribution >= 4 is 11.8 Å². The zero-order chi connectivity index (χ0) is 23.6. The highest BCUT2D eigenvalue weighted by Gasteiger charge is 2.84. The Bertz CT molecular complexity index is 1070. The number of hydrogen-bond donors (Lipinski definition) is 1. The molecule has 0 spiro atoms. The van der Waals surface area contributed by atoms with Gasteiger partial charge in [-0.1, -0.05) is 30.7 Å². The number of fused-ring (bicyclic) bond motifs is 3. The minimum atomic E-state index is -1.08. The summed E-state index contributed by atoms with van der Waals surface area (Å²) >= 11 is 0. The molecular formula is C28H36O5. The average Bonchev–Trinajstić information content (AvgIpc) is 3.10. The number of aliphatic hydroxyl groups is 1. The summed E-state index contributed by atoms with van der Waals surface area (Å²) in [4.78, 5) is 25.9. The van der Waals surface area contributed by atoms with Gasteiger partial charge >= 0.3 is 5.97 Å². The van der Waals surface area contributed by atoms with Crippen LogP contribution in [0.25, 0.3) is 0 Å². The fourth-order valence-electron chi connectivity index (χ4n) is 9.09. The molecule has 5 heteroatoms. The summed E-state index contributed by atoms with van der Waals surface area (Å²) in [6.45, 7) is 10.1. The van der Waals surface area contributed by atoms with E-state index in [1.54, 1.807) is 6.92 Å². The minimum absolute atomic E-state index is 0.161. The number of Topliss-reactive ketones (excluding diaryl/α,β-unsaturated/α-hetero) is 1. The first-order valence-corrected chi connectivity index (χ1v) is 12.6. The third-order valence-electron chi connectivity index (χ3n) is 11.4. The number of hydrogen-bond acceptors (Lipinski definition) is 5. The molecule has 2 bridgehead atoms. The molecule has 1 saturated heterocycles. The maximum Gasteiger partial charge on any atom is 0.334 e. The average molecular weight is 453 g/mol. The van der Waals surface area contributed by atoms with Gasteiger partial charge in [0.1, 0.15) is 23.1 Å². The highest BCUT2D eigenvalue weighted by Crippen LogP contribution is 2.77. The first kappa shape index (κ1) is 21.8. The van der Waals surface area contributed by atoms with Gasteiger partial charge in [0.25, 0.3) is 0 Å². The number of rotatable bonds is 1. The molecule has 6 aliphatic rings. The van der Waals surface area contributed by atoms with Crippen LogP contribution in [0.1, 0.15) is 79.6 Å². The van der Waals surface area contributed by atoms with Gasteiger partial charge < -0.3 is 14.6 Å². The van der Waals surface area contributed by atoms with Crippen LogP contribution in [-0.2, 0) is 19.1 Å². The van der Waals surface area contributed by atoms with Crippen molar-refractivity contribution in [2.24, 2.45) is 22.7 Å². The second-order valence-corrected chi connectivity index (χ2v) is 12.2. The molecule has 0 radical (unpaired) electrons. The fourth-order valence-corrected chi connectivity index (χ4v) is 9.09. The van der Waals surface area contributed by atoms with E-state index < -0.39 is 33.7 Å². The quantitative estimate of drug-likeness (QED) is 0.589. The Labute approximate surface area is 196 Å². The highest BCUT2D eigenvalue weighted by atomic mass is 16.6. The van der Waals surface area contributed by atoms with E-state index in [1.807, 2.05) is 19.9 Å². The Balaban J connectivity index is 1.46. The smallest absolute Gasteiger partial charge is 0.334 e. The summed E-state index contributed by atoms with van der Waals surface area (Å²) in [6.07, 6.45) is 11.0. The van der Waals surface area contributed by atoms with Crippen LogP contribution in [0.5, 0.6) is 0 Å². The van der Waals surface area contributed by atoms with E-state index in [1.165, 1.54) is 0 Å². The Morgan fingerprint density at radius 2 is 1.82 bits per heavy atom. The normalized spacial score (nSPS) is 52.8. The van der Waals surface area contributed by atoms with Crippen molar-refractivity contribution in [3.8, 4) is 0 Å². The van der Waals surface area contributed by atoms with Crippen LogP contribution >= 0.6 is 0 Å². The summed E-state index contributed by atoms with van der Waals surface area (Å²) in [5, 5.41) is 12.4. The van der Waals surface area contributed by atoms with E-state index in [2.05, 4.69) is 26.0 Å². The van der Waals surface area contributed by atoms with Crippen LogP contribution in [0.3, 0.4) is 0 Å². The Morgan fingerprint density at radius 1 is 1.06 bits per heavy atom. The predicted octanol–water partition coefficient (Wildman–Crippen LogP) is 4.59. The molecule has 2 aliphatic heterocycles. The van der Waals surface area contributed by atoms with Gasteiger partial charge in [0, 0.05) is 23.8 Å². The van der Waals surface area contributed by atoms with Gasteiger partial charge in [-0.2, -0.15) is 0 Å². The molecule has 2 saturated carbocycles. The van der Waals surface area contributed by atoms with Crippen molar-refractivity contribution < 1.29 is 24.2 Å². The predicted molar refractivity (Wildman–Crippen MR) is 123 cm³/mol. The molecular weight excluding hydrogens is 416 g/mol. The lowest BCUT2D eigenvalue weighted by atomic mass is 9.46. The first-order chi connectivity index (χ1) is 15.4. The molecule has 0 aromatic heterocycles. The van der Waals surface area contributed by atoms with E-state index in [-0.39, 0.29) is 17.8 Å². The van der Waals surface area contributed by atoms with Gasteiger partial charge in [-0.15, -0.1) is 0 Å². The molecule has 4 aliphatic carbocycles. The van der Waals surface area contributed by atoms with Crippen LogP contribution in [0, 0.1) is 22.7 Å². The molecule has 0 amide bonds. The van der Waals surface area contributed by atoms with Gasteiger partial charge in [0.05, 0.1) is 11.0 Å². The van der Waals surface area contributed by atoms with E-state index >= 15 is 0 Å². The highest BCUT2D eigenvalue weighted by molar-refractivity contribution is 5.92. The van der Waals surface area contributed by atoms with Crippen molar-refractivity contribution in [3.05, 3.63) is 34.9 Å². The summed E-state index contributed by atoms with van der Waals surface area (Å²) in [5.74, 6) is 0.359. The van der Waals surface area contributed by atoms with Gasteiger partial charge in [-0.25, -0.2) is 4.79 Å². The molecule has 178 valence electrons. The Hall–Kier alpha value is -1.72. The Kier molecular flexibility index (Phi) is 4.15. The van der Waals surface area contributed by atoms with E-state index in [0.717, 1.165) is 36.8 Å². The van der Waals surface area contributed by atoms with E-state index in [0.29, 0.717) is 30.6 Å². The number of ether oxygens (including phenoxy) is 2. The molecule has 6 rings (SSSR count). The van der Waals surface area contributed by atoms with Crippen molar-refractivity contribution in [1.29, 1.82) is 0 Å². The van der Waals surface area contributed by atoms with Crippen LogP contribution < -0.4 is 0 Å². The zero-order valence-corrected chi connectivity index (χ0v) is 20.5.